The number of carbonyl (C=O) groups is 2. The number of amides is 2. The third-order valence-corrected chi connectivity index (χ3v) is 6.27. The lowest BCUT2D eigenvalue weighted by atomic mass is 10.0. The molecule has 0 bridgehead atoms. The number of likely N-dealkylation sites (tertiary alicyclic amines) is 1. The quantitative estimate of drug-likeness (QED) is 0.369. The van der Waals surface area contributed by atoms with Crippen LogP contribution in [0.3, 0.4) is 0 Å². The summed E-state index contributed by atoms with van der Waals surface area (Å²) in [5, 5.41) is 16.0. The van der Waals surface area contributed by atoms with Gasteiger partial charge in [0.25, 0.3) is 0 Å². The van der Waals surface area contributed by atoms with Crippen molar-refractivity contribution in [2.45, 2.75) is 37.5 Å². The number of hydrogen-bond donors (Lipinski definition) is 4. The Balaban J connectivity index is 1.43. The van der Waals surface area contributed by atoms with E-state index in [0.29, 0.717) is 44.1 Å². The molecule has 8 heteroatoms. The molecule has 2 heterocycles. The summed E-state index contributed by atoms with van der Waals surface area (Å²) >= 11 is 0. The average Bonchev–Trinajstić information content (AvgIpc) is 3.26. The number of nitrogens with zero attached hydrogens (tertiary/aromatic N) is 1. The van der Waals surface area contributed by atoms with Gasteiger partial charge in [-0.3, -0.25) is 14.5 Å². The zero-order valence-corrected chi connectivity index (χ0v) is 19.2. The number of anilines is 2. The molecule has 4 rings (SSSR count). The highest BCUT2D eigenvalue weighted by atomic mass is 16.5. The van der Waals surface area contributed by atoms with Crippen LogP contribution in [0.25, 0.3) is 6.08 Å². The predicted molar refractivity (Wildman–Crippen MR) is 132 cm³/mol. The second-order valence-corrected chi connectivity index (χ2v) is 8.81. The second-order valence-electron chi connectivity index (χ2n) is 8.81. The predicted octanol–water partition coefficient (Wildman–Crippen LogP) is 2.32. The van der Waals surface area contributed by atoms with Gasteiger partial charge in [0.1, 0.15) is 6.04 Å². The van der Waals surface area contributed by atoms with Crippen molar-refractivity contribution in [2.24, 2.45) is 0 Å². The average molecular weight is 465 g/mol. The van der Waals surface area contributed by atoms with Gasteiger partial charge in [0.05, 0.1) is 17.5 Å². The second kappa shape index (κ2) is 11.3. The molecule has 1 unspecified atom stereocenters. The lowest BCUT2D eigenvalue weighted by molar-refractivity contribution is -0.127. The van der Waals surface area contributed by atoms with E-state index >= 15 is 0 Å². The summed E-state index contributed by atoms with van der Waals surface area (Å²) < 4.78 is 5.40. The highest BCUT2D eigenvalue weighted by Gasteiger charge is 2.34. The molecule has 8 nitrogen and oxygen atoms in total. The van der Waals surface area contributed by atoms with Gasteiger partial charge in [-0.1, -0.05) is 36.4 Å². The van der Waals surface area contributed by atoms with E-state index in [1.54, 1.807) is 18.2 Å². The van der Waals surface area contributed by atoms with E-state index in [-0.39, 0.29) is 17.9 Å². The standard InChI is InChI=1S/C26H32N4O4/c27-22-3-1-2-4-23(22)29-24(32)10-7-18-5-8-19(9-6-18)25(30-14-11-21(31)17-30)26(33)28-20-12-15-34-16-13-20/h1-10,20-21,25,31H,11-17,27H2,(H,28,33)(H,29,32)/t21-,25?/m0/s1. The van der Waals surface area contributed by atoms with E-state index in [2.05, 4.69) is 10.6 Å². The topological polar surface area (TPSA) is 117 Å². The molecule has 2 atom stereocenters. The number of nitrogens with two attached hydrogens (primary N) is 1. The molecule has 5 N–H and O–H groups in total. The van der Waals surface area contributed by atoms with Gasteiger partial charge >= 0.3 is 0 Å². The summed E-state index contributed by atoms with van der Waals surface area (Å²) in [4.78, 5) is 27.5. The van der Waals surface area contributed by atoms with Gasteiger partial charge < -0.3 is 26.2 Å². The number of β-amino-alcohol motifs (C(OH)–C–C–N with tert-alkyl or cyclic N) is 1. The number of ether oxygens (including phenoxy) is 1. The largest absolute Gasteiger partial charge is 0.397 e. The van der Waals surface area contributed by atoms with Crippen molar-refractivity contribution >= 4 is 29.3 Å². The maximum Gasteiger partial charge on any atom is 0.248 e. The van der Waals surface area contributed by atoms with Gasteiger partial charge in [0.2, 0.25) is 11.8 Å². The van der Waals surface area contributed by atoms with Crippen LogP contribution in [-0.2, 0) is 14.3 Å². The lowest BCUT2D eigenvalue weighted by Crippen LogP contribution is -2.45. The minimum absolute atomic E-state index is 0.0517. The maximum absolute atomic E-state index is 13.3. The summed E-state index contributed by atoms with van der Waals surface area (Å²) in [6.45, 7) is 2.45. The monoisotopic (exact) mass is 464 g/mol. The van der Waals surface area contributed by atoms with Crippen molar-refractivity contribution < 1.29 is 19.4 Å². The molecular weight excluding hydrogens is 432 g/mol. The van der Waals surface area contributed by atoms with Crippen molar-refractivity contribution in [3.8, 4) is 0 Å². The first kappa shape index (κ1) is 23.9. The minimum atomic E-state index is -0.470. The first-order valence-electron chi connectivity index (χ1n) is 11.7. The molecule has 2 aliphatic heterocycles. The molecule has 34 heavy (non-hydrogen) atoms. The molecule has 0 aromatic heterocycles. The molecule has 2 amide bonds. The maximum atomic E-state index is 13.3. The third kappa shape index (κ3) is 6.22. The van der Waals surface area contributed by atoms with Crippen LogP contribution in [0.15, 0.2) is 54.6 Å². The Hall–Kier alpha value is -3.20. The van der Waals surface area contributed by atoms with E-state index < -0.39 is 12.1 Å². The molecule has 2 aliphatic rings. The molecule has 0 aliphatic carbocycles. The fourth-order valence-corrected chi connectivity index (χ4v) is 4.40. The van der Waals surface area contributed by atoms with Crippen LogP contribution in [0.4, 0.5) is 11.4 Å². The number of nitrogen functional groups attached to an aromatic ring is 1. The Morgan fingerprint density at radius 2 is 1.82 bits per heavy atom. The highest BCUT2D eigenvalue weighted by molar-refractivity contribution is 6.03. The number of para-hydroxylation sites is 2. The van der Waals surface area contributed by atoms with Crippen molar-refractivity contribution in [1.82, 2.24) is 10.2 Å². The number of benzene rings is 2. The molecular formula is C26H32N4O4. The number of carbonyl (C=O) groups excluding carboxylic acids is 2. The first-order valence-corrected chi connectivity index (χ1v) is 11.7. The van der Waals surface area contributed by atoms with Crippen molar-refractivity contribution in [2.75, 3.05) is 37.4 Å². The summed E-state index contributed by atoms with van der Waals surface area (Å²) in [7, 11) is 0. The molecule has 180 valence electrons. The SMILES string of the molecule is Nc1ccccc1NC(=O)C=Cc1ccc(C(C(=O)NC2CCOCC2)N2CC[C@H](O)C2)cc1. The Morgan fingerprint density at radius 3 is 2.50 bits per heavy atom. The molecule has 0 saturated carbocycles. The number of aliphatic hydroxyl groups is 1. The summed E-state index contributed by atoms with van der Waals surface area (Å²) in [5.41, 5.74) is 8.64. The molecule has 0 radical (unpaired) electrons. The number of aliphatic hydroxyl groups excluding tert-OH is 1. The lowest BCUT2D eigenvalue weighted by Gasteiger charge is -2.30. The third-order valence-electron chi connectivity index (χ3n) is 6.27. The summed E-state index contributed by atoms with van der Waals surface area (Å²) in [6, 6.07) is 14.3. The molecule has 2 aromatic rings. The minimum Gasteiger partial charge on any atom is -0.397 e. The van der Waals surface area contributed by atoms with Gasteiger partial charge in [0, 0.05) is 38.4 Å². The summed E-state index contributed by atoms with van der Waals surface area (Å²) in [6.07, 6.45) is 5.02. The van der Waals surface area contributed by atoms with E-state index in [9.17, 15) is 14.7 Å². The first-order chi connectivity index (χ1) is 16.5. The van der Waals surface area contributed by atoms with Crippen LogP contribution in [0.5, 0.6) is 0 Å². The summed E-state index contributed by atoms with van der Waals surface area (Å²) in [5.74, 6) is -0.328. The molecule has 2 aromatic carbocycles. The zero-order chi connectivity index (χ0) is 23.9. The zero-order valence-electron chi connectivity index (χ0n) is 19.2. The smallest absolute Gasteiger partial charge is 0.248 e. The highest BCUT2D eigenvalue weighted by Crippen LogP contribution is 2.27. The normalized spacial score (nSPS) is 20.3. The van der Waals surface area contributed by atoms with Gasteiger partial charge in [-0.15, -0.1) is 0 Å². The van der Waals surface area contributed by atoms with Crippen molar-refractivity contribution in [3.05, 3.63) is 65.7 Å². The Morgan fingerprint density at radius 1 is 1.09 bits per heavy atom. The van der Waals surface area contributed by atoms with Gasteiger partial charge in [-0.05, 0) is 48.6 Å². The molecule has 2 fully saturated rings. The molecule has 2 saturated heterocycles. The number of rotatable bonds is 7. The Bertz CT molecular complexity index is 1020. The van der Waals surface area contributed by atoms with Crippen LogP contribution in [0.2, 0.25) is 0 Å². The van der Waals surface area contributed by atoms with Gasteiger partial charge in [-0.2, -0.15) is 0 Å². The Labute approximate surface area is 199 Å². The fourth-order valence-electron chi connectivity index (χ4n) is 4.40. The van der Waals surface area contributed by atoms with Crippen molar-refractivity contribution in [1.29, 1.82) is 0 Å². The van der Waals surface area contributed by atoms with Gasteiger partial charge in [-0.25, -0.2) is 0 Å². The van der Waals surface area contributed by atoms with Gasteiger partial charge in [0.15, 0.2) is 0 Å². The number of hydrogen-bond acceptors (Lipinski definition) is 6. The van der Waals surface area contributed by atoms with Crippen LogP contribution >= 0.6 is 0 Å². The van der Waals surface area contributed by atoms with Crippen LogP contribution in [0, 0.1) is 0 Å². The van der Waals surface area contributed by atoms with E-state index in [1.807, 2.05) is 41.3 Å². The fraction of sp³-hybridized carbons (Fsp3) is 0.385. The Kier molecular flexibility index (Phi) is 7.95. The van der Waals surface area contributed by atoms with Crippen molar-refractivity contribution in [3.63, 3.8) is 0 Å². The van der Waals surface area contributed by atoms with E-state index in [4.69, 9.17) is 10.5 Å². The van der Waals surface area contributed by atoms with Crippen LogP contribution in [-0.4, -0.2) is 60.3 Å². The van der Waals surface area contributed by atoms with Crippen LogP contribution < -0.4 is 16.4 Å². The van der Waals surface area contributed by atoms with Crippen LogP contribution in [0.1, 0.15) is 36.4 Å². The molecule has 0 spiro atoms. The van der Waals surface area contributed by atoms with E-state index in [1.165, 1.54) is 6.08 Å². The number of nitrogens with one attached hydrogen (secondary N) is 2. The van der Waals surface area contributed by atoms with E-state index in [0.717, 1.165) is 24.0 Å².